The summed E-state index contributed by atoms with van der Waals surface area (Å²) in [5, 5.41) is 3.26. The van der Waals surface area contributed by atoms with Gasteiger partial charge in [-0.05, 0) is 54.8 Å². The quantitative estimate of drug-likeness (QED) is 0.698. The number of methoxy groups -OCH3 is 1. The Morgan fingerprint density at radius 3 is 2.75 bits per heavy atom. The standard InChI is InChI=1S/C19H22ClN3O4S/c1-13-3-4-15(12-17(13)20)22-28(25,26)16-5-6-18-14(11-16)7-9-23(18)19(24)21-8-10-27-2/h3-6,11-12,22H,7-10H2,1-2H3,(H,21,24). The van der Waals surface area contributed by atoms with Crippen LogP contribution in [-0.4, -0.2) is 41.3 Å². The first-order valence-corrected chi connectivity index (χ1v) is 10.6. The largest absolute Gasteiger partial charge is 0.383 e. The highest BCUT2D eigenvalue weighted by Gasteiger charge is 2.26. The van der Waals surface area contributed by atoms with E-state index in [9.17, 15) is 13.2 Å². The molecular formula is C19H22ClN3O4S. The predicted octanol–water partition coefficient (Wildman–Crippen LogP) is 3.17. The van der Waals surface area contributed by atoms with Crippen LogP contribution in [0.1, 0.15) is 11.1 Å². The molecule has 0 fully saturated rings. The fourth-order valence-electron chi connectivity index (χ4n) is 2.98. The first-order chi connectivity index (χ1) is 13.3. The highest BCUT2D eigenvalue weighted by Crippen LogP contribution is 2.31. The number of carbonyl (C=O) groups is 1. The molecule has 0 saturated heterocycles. The lowest BCUT2D eigenvalue weighted by Gasteiger charge is -2.18. The maximum absolute atomic E-state index is 12.7. The Kier molecular flexibility index (Phi) is 6.12. The molecule has 0 unspecified atom stereocenters. The van der Waals surface area contributed by atoms with E-state index >= 15 is 0 Å². The van der Waals surface area contributed by atoms with Gasteiger partial charge in [0.2, 0.25) is 0 Å². The molecule has 150 valence electrons. The van der Waals surface area contributed by atoms with Gasteiger partial charge in [-0.3, -0.25) is 9.62 Å². The molecule has 0 spiro atoms. The SMILES string of the molecule is COCCNC(=O)N1CCc2cc(S(=O)(=O)Nc3ccc(C)c(Cl)c3)ccc21. The number of nitrogens with zero attached hydrogens (tertiary/aromatic N) is 1. The minimum Gasteiger partial charge on any atom is -0.383 e. The van der Waals surface area contributed by atoms with Gasteiger partial charge in [0.1, 0.15) is 0 Å². The van der Waals surface area contributed by atoms with Crippen LogP contribution in [-0.2, 0) is 21.2 Å². The minimum absolute atomic E-state index is 0.143. The zero-order valence-corrected chi connectivity index (χ0v) is 17.2. The normalized spacial score (nSPS) is 13.3. The van der Waals surface area contributed by atoms with Crippen molar-refractivity contribution in [1.29, 1.82) is 0 Å². The van der Waals surface area contributed by atoms with Crippen molar-refractivity contribution in [2.75, 3.05) is 36.4 Å². The Hall–Kier alpha value is -2.29. The van der Waals surface area contributed by atoms with Gasteiger partial charge in [0.05, 0.1) is 17.2 Å². The van der Waals surface area contributed by atoms with E-state index in [1.165, 1.54) is 6.07 Å². The first kappa shape index (κ1) is 20.4. The molecular weight excluding hydrogens is 402 g/mol. The summed E-state index contributed by atoms with van der Waals surface area (Å²) in [7, 11) is -2.20. The van der Waals surface area contributed by atoms with E-state index in [2.05, 4.69) is 10.0 Å². The highest BCUT2D eigenvalue weighted by atomic mass is 35.5. The van der Waals surface area contributed by atoms with Crippen molar-refractivity contribution in [3.63, 3.8) is 0 Å². The van der Waals surface area contributed by atoms with Gasteiger partial charge in [-0.25, -0.2) is 13.2 Å². The molecule has 0 aromatic heterocycles. The van der Waals surface area contributed by atoms with Gasteiger partial charge in [0.15, 0.2) is 0 Å². The molecule has 1 heterocycles. The maximum atomic E-state index is 12.7. The van der Waals surface area contributed by atoms with Gasteiger partial charge in [-0.2, -0.15) is 0 Å². The molecule has 2 amide bonds. The number of hydrogen-bond donors (Lipinski definition) is 2. The number of hydrogen-bond acceptors (Lipinski definition) is 4. The number of fused-ring (bicyclic) bond motifs is 1. The van der Waals surface area contributed by atoms with Crippen LogP contribution in [0.4, 0.5) is 16.2 Å². The first-order valence-electron chi connectivity index (χ1n) is 8.78. The van der Waals surface area contributed by atoms with Crippen molar-refractivity contribution in [2.45, 2.75) is 18.2 Å². The average molecular weight is 424 g/mol. The zero-order chi connectivity index (χ0) is 20.3. The second-order valence-corrected chi connectivity index (χ2v) is 8.58. The molecule has 1 aliphatic heterocycles. The summed E-state index contributed by atoms with van der Waals surface area (Å²) in [6.45, 7) is 3.19. The minimum atomic E-state index is -3.76. The summed E-state index contributed by atoms with van der Waals surface area (Å²) in [5.74, 6) is 0. The molecule has 2 N–H and O–H groups in total. The summed E-state index contributed by atoms with van der Waals surface area (Å²) in [6, 6.07) is 9.54. The van der Waals surface area contributed by atoms with Crippen LogP contribution in [0.15, 0.2) is 41.3 Å². The third kappa shape index (κ3) is 4.40. The third-order valence-electron chi connectivity index (χ3n) is 4.51. The van der Waals surface area contributed by atoms with E-state index in [0.29, 0.717) is 42.5 Å². The van der Waals surface area contributed by atoms with Crippen molar-refractivity contribution >= 4 is 39.0 Å². The van der Waals surface area contributed by atoms with Crippen molar-refractivity contribution in [3.8, 4) is 0 Å². The fraction of sp³-hybridized carbons (Fsp3) is 0.316. The second kappa shape index (κ2) is 8.38. The molecule has 0 bridgehead atoms. The number of ether oxygens (including phenoxy) is 1. The molecule has 3 rings (SSSR count). The third-order valence-corrected chi connectivity index (χ3v) is 6.29. The summed E-state index contributed by atoms with van der Waals surface area (Å²) < 4.78 is 32.9. The fourth-order valence-corrected chi connectivity index (χ4v) is 4.26. The van der Waals surface area contributed by atoms with Gasteiger partial charge in [0.25, 0.3) is 10.0 Å². The number of amides is 2. The van der Waals surface area contributed by atoms with Gasteiger partial charge in [0, 0.05) is 30.9 Å². The van der Waals surface area contributed by atoms with Crippen molar-refractivity contribution in [2.24, 2.45) is 0 Å². The van der Waals surface area contributed by atoms with E-state index < -0.39 is 10.0 Å². The number of nitrogens with one attached hydrogen (secondary N) is 2. The number of urea groups is 1. The van der Waals surface area contributed by atoms with E-state index in [4.69, 9.17) is 16.3 Å². The summed E-state index contributed by atoms with van der Waals surface area (Å²) in [6.07, 6.45) is 0.590. The molecule has 1 aliphatic rings. The molecule has 2 aromatic rings. The molecule has 7 nitrogen and oxygen atoms in total. The number of aryl methyl sites for hydroxylation is 1. The number of halogens is 1. The monoisotopic (exact) mass is 423 g/mol. The maximum Gasteiger partial charge on any atom is 0.321 e. The number of rotatable bonds is 6. The van der Waals surface area contributed by atoms with Gasteiger partial charge in [-0.15, -0.1) is 0 Å². The van der Waals surface area contributed by atoms with Gasteiger partial charge >= 0.3 is 6.03 Å². The van der Waals surface area contributed by atoms with E-state index in [1.54, 1.807) is 42.3 Å². The number of sulfonamides is 1. The Balaban J connectivity index is 1.77. The Labute approximate surface area is 169 Å². The van der Waals surface area contributed by atoms with Crippen molar-refractivity contribution < 1.29 is 17.9 Å². The van der Waals surface area contributed by atoms with Crippen LogP contribution in [0.5, 0.6) is 0 Å². The lowest BCUT2D eigenvalue weighted by molar-refractivity contribution is 0.197. The molecule has 0 aliphatic carbocycles. The van der Waals surface area contributed by atoms with E-state index in [-0.39, 0.29) is 10.9 Å². The molecule has 28 heavy (non-hydrogen) atoms. The lowest BCUT2D eigenvalue weighted by atomic mass is 10.2. The smallest absolute Gasteiger partial charge is 0.321 e. The van der Waals surface area contributed by atoms with Gasteiger partial charge < -0.3 is 10.1 Å². The molecule has 2 aromatic carbocycles. The molecule has 0 radical (unpaired) electrons. The van der Waals surface area contributed by atoms with Crippen molar-refractivity contribution in [3.05, 3.63) is 52.5 Å². The Bertz CT molecular complexity index is 995. The van der Waals surface area contributed by atoms with Crippen LogP contribution in [0.3, 0.4) is 0 Å². The van der Waals surface area contributed by atoms with Crippen LogP contribution >= 0.6 is 11.6 Å². The highest BCUT2D eigenvalue weighted by molar-refractivity contribution is 7.92. The molecule has 9 heteroatoms. The summed E-state index contributed by atoms with van der Waals surface area (Å²) >= 11 is 6.07. The zero-order valence-electron chi connectivity index (χ0n) is 15.7. The van der Waals surface area contributed by atoms with Crippen LogP contribution in [0.25, 0.3) is 0 Å². The predicted molar refractivity (Wildman–Crippen MR) is 110 cm³/mol. The number of carbonyl (C=O) groups excluding carboxylic acids is 1. The number of anilines is 2. The topological polar surface area (TPSA) is 87.7 Å². The van der Waals surface area contributed by atoms with Crippen LogP contribution in [0, 0.1) is 6.92 Å². The number of benzene rings is 2. The van der Waals surface area contributed by atoms with Crippen molar-refractivity contribution in [1.82, 2.24) is 5.32 Å². The average Bonchev–Trinajstić information content (AvgIpc) is 3.08. The van der Waals surface area contributed by atoms with Gasteiger partial charge in [-0.1, -0.05) is 17.7 Å². The van der Waals surface area contributed by atoms with Crippen LogP contribution in [0.2, 0.25) is 5.02 Å². The molecule has 0 saturated carbocycles. The summed E-state index contributed by atoms with van der Waals surface area (Å²) in [5.41, 5.74) is 2.79. The second-order valence-electron chi connectivity index (χ2n) is 6.49. The Morgan fingerprint density at radius 1 is 1.25 bits per heavy atom. The lowest BCUT2D eigenvalue weighted by Crippen LogP contribution is -2.40. The van der Waals surface area contributed by atoms with Crippen LogP contribution < -0.4 is 14.9 Å². The molecule has 0 atom stereocenters. The van der Waals surface area contributed by atoms with E-state index in [1.807, 2.05) is 6.92 Å². The van der Waals surface area contributed by atoms with E-state index in [0.717, 1.165) is 11.1 Å². The summed E-state index contributed by atoms with van der Waals surface area (Å²) in [4.78, 5) is 14.0. The Morgan fingerprint density at radius 2 is 2.04 bits per heavy atom.